The van der Waals surface area contributed by atoms with Gasteiger partial charge in [-0.3, -0.25) is 14.5 Å². The second-order valence-electron chi connectivity index (χ2n) is 5.59. The first-order valence-corrected chi connectivity index (χ1v) is 7.57. The number of fused-ring (bicyclic) bond motifs is 1. The van der Waals surface area contributed by atoms with Crippen molar-refractivity contribution in [2.45, 2.75) is 44.7 Å². The van der Waals surface area contributed by atoms with Crippen LogP contribution in [0.2, 0.25) is 0 Å². The van der Waals surface area contributed by atoms with E-state index in [0.29, 0.717) is 17.4 Å². The number of hydrogen-bond donors (Lipinski definition) is 2. The molecule has 2 saturated heterocycles. The van der Waals surface area contributed by atoms with Crippen molar-refractivity contribution in [1.29, 1.82) is 0 Å². The second kappa shape index (κ2) is 7.84. The van der Waals surface area contributed by atoms with Gasteiger partial charge in [0.1, 0.15) is 5.82 Å². The maximum absolute atomic E-state index is 12.2. The van der Waals surface area contributed by atoms with Crippen molar-refractivity contribution >= 4 is 12.4 Å². The average Bonchev–Trinajstić information content (AvgIpc) is 2.98. The van der Waals surface area contributed by atoms with Crippen molar-refractivity contribution in [2.75, 3.05) is 13.1 Å². The summed E-state index contributed by atoms with van der Waals surface area (Å²) < 4.78 is 0. The maximum atomic E-state index is 12.2. The highest BCUT2D eigenvalue weighted by Crippen LogP contribution is 2.27. The largest absolute Gasteiger partial charge is 0.483 e. The minimum atomic E-state index is -0.250. The van der Waals surface area contributed by atoms with Gasteiger partial charge in [0.15, 0.2) is 0 Å². The third-order valence-corrected chi connectivity index (χ3v) is 4.20. The number of nitrogens with zero attached hydrogens (tertiary/aromatic N) is 3. The Kier molecular flexibility index (Phi) is 5.83. The average molecular weight is 306 g/mol. The van der Waals surface area contributed by atoms with E-state index in [2.05, 4.69) is 20.2 Å². The Hall–Kier alpha value is -2.02. The molecule has 1 amide bonds. The normalized spacial score (nSPS) is 23.9. The summed E-state index contributed by atoms with van der Waals surface area (Å²) in [6.07, 6.45) is 7.92. The highest BCUT2D eigenvalue weighted by molar-refractivity contribution is 5.93. The number of rotatable bonds is 2. The topological polar surface area (TPSA) is 95.4 Å². The van der Waals surface area contributed by atoms with Crippen LogP contribution in [0.25, 0.3) is 0 Å². The van der Waals surface area contributed by atoms with E-state index in [0.717, 1.165) is 6.42 Å². The lowest BCUT2D eigenvalue weighted by molar-refractivity contribution is -0.122. The summed E-state index contributed by atoms with van der Waals surface area (Å²) in [6, 6.07) is 0.814. The van der Waals surface area contributed by atoms with Gasteiger partial charge in [-0.2, -0.15) is 0 Å². The Bertz CT molecular complexity index is 506. The molecule has 120 valence electrons. The van der Waals surface area contributed by atoms with Crippen LogP contribution in [0.3, 0.4) is 0 Å². The number of amides is 1. The first kappa shape index (κ1) is 16.4. The molecule has 0 aliphatic carbocycles. The van der Waals surface area contributed by atoms with Gasteiger partial charge in [-0.05, 0) is 45.7 Å². The molecule has 0 spiro atoms. The fourth-order valence-corrected chi connectivity index (χ4v) is 3.22. The van der Waals surface area contributed by atoms with Crippen molar-refractivity contribution < 1.29 is 14.7 Å². The van der Waals surface area contributed by atoms with Crippen LogP contribution in [-0.4, -0.2) is 57.5 Å². The number of hydrogen-bond acceptors (Lipinski definition) is 5. The zero-order valence-corrected chi connectivity index (χ0v) is 12.7. The first-order chi connectivity index (χ1) is 10.7. The molecule has 1 aromatic rings. The van der Waals surface area contributed by atoms with Gasteiger partial charge in [0, 0.05) is 24.5 Å². The molecule has 22 heavy (non-hydrogen) atoms. The van der Waals surface area contributed by atoms with Gasteiger partial charge in [-0.15, -0.1) is 0 Å². The van der Waals surface area contributed by atoms with E-state index in [-0.39, 0.29) is 18.4 Å². The zero-order chi connectivity index (χ0) is 15.9. The lowest BCUT2D eigenvalue weighted by Crippen LogP contribution is -2.52. The van der Waals surface area contributed by atoms with Crippen LogP contribution < -0.4 is 5.32 Å². The molecule has 0 saturated carbocycles. The van der Waals surface area contributed by atoms with Gasteiger partial charge in [0.05, 0.1) is 5.56 Å². The number of carbonyl (C=O) groups excluding carboxylic acids is 1. The fraction of sp³-hybridized carbons (Fsp3) is 0.600. The summed E-state index contributed by atoms with van der Waals surface area (Å²) in [6.45, 7) is 3.94. The molecular formula is C15H22N4O3. The summed E-state index contributed by atoms with van der Waals surface area (Å²) in [7, 11) is 0. The van der Waals surface area contributed by atoms with E-state index in [1.807, 2.05) is 6.92 Å². The van der Waals surface area contributed by atoms with Crippen LogP contribution in [0.4, 0.5) is 0 Å². The van der Waals surface area contributed by atoms with Gasteiger partial charge >= 0.3 is 0 Å². The SMILES string of the molecule is Cc1ncc(C(=O)N[C@H]2CCCN3CCC[C@@H]23)cn1.O=CO. The molecule has 3 heterocycles. The van der Waals surface area contributed by atoms with Crippen LogP contribution >= 0.6 is 0 Å². The molecular weight excluding hydrogens is 284 g/mol. The molecule has 2 fully saturated rings. The third kappa shape index (κ3) is 4.00. The minimum Gasteiger partial charge on any atom is -0.483 e. The molecule has 0 radical (unpaired) electrons. The van der Waals surface area contributed by atoms with Crippen molar-refractivity contribution in [1.82, 2.24) is 20.2 Å². The molecule has 2 N–H and O–H groups in total. The Morgan fingerprint density at radius 3 is 2.55 bits per heavy atom. The predicted octanol–water partition coefficient (Wildman–Crippen LogP) is 0.842. The maximum Gasteiger partial charge on any atom is 0.290 e. The monoisotopic (exact) mass is 306 g/mol. The number of nitrogens with one attached hydrogen (secondary N) is 1. The predicted molar refractivity (Wildman–Crippen MR) is 80.5 cm³/mol. The van der Waals surface area contributed by atoms with Crippen molar-refractivity contribution in [2.24, 2.45) is 0 Å². The lowest BCUT2D eigenvalue weighted by Gasteiger charge is -2.37. The first-order valence-electron chi connectivity index (χ1n) is 7.57. The Balaban J connectivity index is 0.000000545. The molecule has 0 aromatic carbocycles. The van der Waals surface area contributed by atoms with Crippen LogP contribution in [0.1, 0.15) is 41.9 Å². The molecule has 1 aromatic heterocycles. The molecule has 0 bridgehead atoms. The molecule has 7 nitrogen and oxygen atoms in total. The smallest absolute Gasteiger partial charge is 0.290 e. The Labute approximate surface area is 129 Å². The van der Waals surface area contributed by atoms with Crippen molar-refractivity contribution in [3.8, 4) is 0 Å². The van der Waals surface area contributed by atoms with E-state index >= 15 is 0 Å². The Morgan fingerprint density at radius 1 is 1.32 bits per heavy atom. The van der Waals surface area contributed by atoms with Gasteiger partial charge in [0.25, 0.3) is 12.4 Å². The van der Waals surface area contributed by atoms with Crippen LogP contribution in [-0.2, 0) is 4.79 Å². The van der Waals surface area contributed by atoms with E-state index in [9.17, 15) is 4.79 Å². The summed E-state index contributed by atoms with van der Waals surface area (Å²) in [4.78, 5) is 31.2. The summed E-state index contributed by atoms with van der Waals surface area (Å²) in [5.74, 6) is 0.648. The number of aryl methyl sites for hydroxylation is 1. The highest BCUT2D eigenvalue weighted by atomic mass is 16.3. The number of carboxylic acid groups (broad SMARTS) is 1. The van der Waals surface area contributed by atoms with Crippen LogP contribution in [0.5, 0.6) is 0 Å². The van der Waals surface area contributed by atoms with E-state index in [1.54, 1.807) is 12.4 Å². The number of carbonyl (C=O) groups is 2. The van der Waals surface area contributed by atoms with Crippen molar-refractivity contribution in [3.05, 3.63) is 23.8 Å². The summed E-state index contributed by atoms with van der Waals surface area (Å²) >= 11 is 0. The Morgan fingerprint density at radius 2 is 1.91 bits per heavy atom. The van der Waals surface area contributed by atoms with Crippen LogP contribution in [0.15, 0.2) is 12.4 Å². The molecule has 2 atom stereocenters. The van der Waals surface area contributed by atoms with E-state index in [1.165, 1.54) is 32.4 Å². The quantitative estimate of drug-likeness (QED) is 0.786. The molecule has 7 heteroatoms. The standard InChI is InChI=1S/C14H20N4O.CH2O2/c1-10-15-8-11(9-16-10)14(19)17-12-4-2-6-18-7-3-5-13(12)18;2-1-3/h8-9,12-13H,2-7H2,1H3,(H,17,19);1H,(H,2,3)/t12-,13-;/m0./s1. The van der Waals surface area contributed by atoms with Crippen molar-refractivity contribution in [3.63, 3.8) is 0 Å². The van der Waals surface area contributed by atoms with Gasteiger partial charge < -0.3 is 10.4 Å². The fourth-order valence-electron chi connectivity index (χ4n) is 3.22. The second-order valence-corrected chi connectivity index (χ2v) is 5.59. The molecule has 2 aliphatic rings. The zero-order valence-electron chi connectivity index (χ0n) is 12.7. The highest BCUT2D eigenvalue weighted by Gasteiger charge is 2.35. The lowest BCUT2D eigenvalue weighted by atomic mass is 9.96. The third-order valence-electron chi connectivity index (χ3n) is 4.20. The minimum absolute atomic E-state index is 0.0428. The molecule has 3 rings (SSSR count). The van der Waals surface area contributed by atoms with E-state index in [4.69, 9.17) is 9.90 Å². The van der Waals surface area contributed by atoms with Gasteiger partial charge in [0.2, 0.25) is 0 Å². The number of aromatic nitrogens is 2. The summed E-state index contributed by atoms with van der Waals surface area (Å²) in [5.41, 5.74) is 0.556. The van der Waals surface area contributed by atoms with E-state index < -0.39 is 0 Å². The molecule has 0 unspecified atom stereocenters. The van der Waals surface area contributed by atoms with Gasteiger partial charge in [-0.25, -0.2) is 9.97 Å². The van der Waals surface area contributed by atoms with Crippen LogP contribution in [0, 0.1) is 6.92 Å². The molecule has 2 aliphatic heterocycles. The van der Waals surface area contributed by atoms with Gasteiger partial charge in [-0.1, -0.05) is 0 Å². The number of piperidine rings is 1. The summed E-state index contributed by atoms with van der Waals surface area (Å²) in [5, 5.41) is 10.1.